The average Bonchev–Trinajstić information content (AvgIpc) is 2.54. The number of nitrogens with one attached hydrogen (secondary N) is 1. The fourth-order valence-electron chi connectivity index (χ4n) is 2.75. The lowest BCUT2D eigenvalue weighted by molar-refractivity contribution is -0.120. The Balaban J connectivity index is 2.24. The zero-order chi connectivity index (χ0) is 19.4. The van der Waals surface area contributed by atoms with Crippen molar-refractivity contribution in [3.63, 3.8) is 0 Å². The van der Waals surface area contributed by atoms with Gasteiger partial charge in [0.25, 0.3) is 0 Å². The molecule has 2 aromatic rings. The second kappa shape index (κ2) is 8.23. The summed E-state index contributed by atoms with van der Waals surface area (Å²) in [5.74, 6) is -0.0569. The molecular weight excluding hydrogens is 352 g/mol. The van der Waals surface area contributed by atoms with Crippen molar-refractivity contribution in [1.82, 2.24) is 0 Å². The van der Waals surface area contributed by atoms with Gasteiger partial charge in [-0.25, -0.2) is 0 Å². The zero-order valence-corrected chi connectivity index (χ0v) is 16.4. The van der Waals surface area contributed by atoms with Crippen LogP contribution >= 0.6 is 11.6 Å². The molecule has 26 heavy (non-hydrogen) atoms. The first-order chi connectivity index (χ1) is 12.2. The number of carbonyl (C=O) groups is 2. The number of nitrogens with zero attached hydrogens (tertiary/aromatic N) is 1. The molecule has 0 spiro atoms. The first kappa shape index (κ1) is 19.8. The van der Waals surface area contributed by atoms with Crippen molar-refractivity contribution < 1.29 is 14.3 Å². The Hall–Kier alpha value is -2.53. The zero-order valence-electron chi connectivity index (χ0n) is 15.6. The summed E-state index contributed by atoms with van der Waals surface area (Å²) in [6, 6.07) is 9.18. The maximum atomic E-state index is 12.5. The van der Waals surface area contributed by atoms with Crippen LogP contribution in [0.2, 0.25) is 5.02 Å². The molecule has 0 aliphatic rings. The number of carbonyl (C=O) groups excluding carboxylic acids is 2. The van der Waals surface area contributed by atoms with E-state index in [1.54, 1.807) is 12.1 Å². The van der Waals surface area contributed by atoms with Crippen LogP contribution in [0.4, 0.5) is 11.4 Å². The van der Waals surface area contributed by atoms with E-state index in [2.05, 4.69) is 5.32 Å². The molecule has 0 radical (unpaired) electrons. The van der Waals surface area contributed by atoms with Gasteiger partial charge in [0.1, 0.15) is 12.3 Å². The van der Waals surface area contributed by atoms with E-state index in [1.165, 1.54) is 18.9 Å². The van der Waals surface area contributed by atoms with Crippen LogP contribution in [0, 0.1) is 20.8 Å². The number of ether oxygens (including phenoxy) is 1. The maximum absolute atomic E-state index is 12.5. The van der Waals surface area contributed by atoms with Gasteiger partial charge in [0, 0.05) is 23.7 Å². The predicted molar refractivity (Wildman–Crippen MR) is 105 cm³/mol. The van der Waals surface area contributed by atoms with E-state index in [0.29, 0.717) is 22.1 Å². The highest BCUT2D eigenvalue weighted by Gasteiger charge is 2.18. The number of methoxy groups -OCH3 is 1. The summed E-state index contributed by atoms with van der Waals surface area (Å²) in [7, 11) is 1.51. The molecule has 0 aliphatic heterocycles. The van der Waals surface area contributed by atoms with Crippen LogP contribution in [0.15, 0.2) is 30.3 Å². The van der Waals surface area contributed by atoms with Crippen molar-refractivity contribution in [3.05, 3.63) is 52.0 Å². The van der Waals surface area contributed by atoms with Gasteiger partial charge in [0.05, 0.1) is 12.8 Å². The van der Waals surface area contributed by atoms with Gasteiger partial charge in [0.15, 0.2) is 0 Å². The fraction of sp³-hybridized carbons (Fsp3) is 0.300. The van der Waals surface area contributed by atoms with Crippen molar-refractivity contribution >= 4 is 34.8 Å². The smallest absolute Gasteiger partial charge is 0.244 e. The van der Waals surface area contributed by atoms with Crippen LogP contribution in [0.1, 0.15) is 23.6 Å². The fourth-order valence-corrected chi connectivity index (χ4v) is 2.91. The summed E-state index contributed by atoms with van der Waals surface area (Å²) in [6.45, 7) is 7.10. The first-order valence-corrected chi connectivity index (χ1v) is 8.59. The van der Waals surface area contributed by atoms with Crippen LogP contribution < -0.4 is 15.0 Å². The van der Waals surface area contributed by atoms with Crippen molar-refractivity contribution in [2.75, 3.05) is 23.9 Å². The van der Waals surface area contributed by atoms with Gasteiger partial charge in [-0.15, -0.1) is 0 Å². The summed E-state index contributed by atoms with van der Waals surface area (Å²) in [5, 5.41) is 3.35. The number of anilines is 2. The summed E-state index contributed by atoms with van der Waals surface area (Å²) in [5.41, 5.74) is 4.09. The molecule has 0 bridgehead atoms. The Morgan fingerprint density at radius 2 is 1.69 bits per heavy atom. The molecule has 0 heterocycles. The molecule has 2 amide bonds. The molecule has 6 heteroatoms. The highest BCUT2D eigenvalue weighted by Crippen LogP contribution is 2.31. The molecule has 0 saturated heterocycles. The minimum atomic E-state index is -0.320. The van der Waals surface area contributed by atoms with E-state index >= 15 is 0 Å². The largest absolute Gasteiger partial charge is 0.495 e. The van der Waals surface area contributed by atoms with E-state index in [1.807, 2.05) is 39.0 Å². The number of rotatable bonds is 5. The molecule has 0 saturated carbocycles. The third-order valence-electron chi connectivity index (χ3n) is 3.95. The lowest BCUT2D eigenvalue weighted by Gasteiger charge is -2.22. The van der Waals surface area contributed by atoms with Crippen LogP contribution in [0.5, 0.6) is 5.75 Å². The molecule has 0 aromatic heterocycles. The Morgan fingerprint density at radius 3 is 2.23 bits per heavy atom. The van der Waals surface area contributed by atoms with Crippen molar-refractivity contribution in [1.29, 1.82) is 0 Å². The van der Waals surface area contributed by atoms with Gasteiger partial charge in [0.2, 0.25) is 11.8 Å². The van der Waals surface area contributed by atoms with E-state index in [4.69, 9.17) is 16.3 Å². The third-order valence-corrected chi connectivity index (χ3v) is 4.36. The Bertz CT molecular complexity index is 829. The number of hydrogen-bond donors (Lipinski definition) is 1. The van der Waals surface area contributed by atoms with Crippen molar-refractivity contribution in [3.8, 4) is 5.75 Å². The molecule has 0 unspecified atom stereocenters. The number of amides is 2. The minimum absolute atomic E-state index is 0.0942. The molecule has 2 aromatic carbocycles. The van der Waals surface area contributed by atoms with Crippen molar-refractivity contribution in [2.24, 2.45) is 0 Å². The summed E-state index contributed by atoms with van der Waals surface area (Å²) in [4.78, 5) is 26.1. The monoisotopic (exact) mass is 374 g/mol. The molecule has 0 fully saturated rings. The molecule has 5 nitrogen and oxygen atoms in total. The Morgan fingerprint density at radius 1 is 1.08 bits per heavy atom. The second-order valence-electron chi connectivity index (χ2n) is 6.30. The van der Waals surface area contributed by atoms with E-state index in [9.17, 15) is 9.59 Å². The van der Waals surface area contributed by atoms with Crippen LogP contribution in [0.25, 0.3) is 0 Å². The van der Waals surface area contributed by atoms with Gasteiger partial charge < -0.3 is 15.0 Å². The van der Waals surface area contributed by atoms with Crippen molar-refractivity contribution in [2.45, 2.75) is 27.7 Å². The van der Waals surface area contributed by atoms with E-state index in [-0.39, 0.29) is 18.4 Å². The molecule has 138 valence electrons. The van der Waals surface area contributed by atoms with Gasteiger partial charge in [-0.05, 0) is 55.7 Å². The number of hydrogen-bond acceptors (Lipinski definition) is 3. The van der Waals surface area contributed by atoms with Crippen LogP contribution in [-0.4, -0.2) is 25.5 Å². The molecule has 2 rings (SSSR count). The highest BCUT2D eigenvalue weighted by atomic mass is 35.5. The lowest BCUT2D eigenvalue weighted by Crippen LogP contribution is -2.36. The summed E-state index contributed by atoms with van der Waals surface area (Å²) < 4.78 is 5.27. The van der Waals surface area contributed by atoms with E-state index < -0.39 is 0 Å². The minimum Gasteiger partial charge on any atom is -0.495 e. The predicted octanol–water partition coefficient (Wildman–Crippen LogP) is 4.27. The Kier molecular flexibility index (Phi) is 6.27. The van der Waals surface area contributed by atoms with Gasteiger partial charge in [-0.1, -0.05) is 17.7 Å². The van der Waals surface area contributed by atoms with Crippen LogP contribution in [0.3, 0.4) is 0 Å². The maximum Gasteiger partial charge on any atom is 0.244 e. The molecular formula is C20H23ClN2O3. The number of aryl methyl sites for hydroxylation is 3. The average molecular weight is 375 g/mol. The topological polar surface area (TPSA) is 58.6 Å². The van der Waals surface area contributed by atoms with Gasteiger partial charge in [-0.3, -0.25) is 9.59 Å². The van der Waals surface area contributed by atoms with E-state index in [0.717, 1.165) is 16.7 Å². The standard InChI is InChI=1S/C20H23ClN2O3/c1-12-6-13(2)8-16(7-12)23(15(4)24)11-20(25)22-18-9-14(3)17(21)10-19(18)26-5/h6-10H,11H2,1-5H3,(H,22,25). The summed E-state index contributed by atoms with van der Waals surface area (Å²) >= 11 is 6.09. The molecule has 1 N–H and O–H groups in total. The Labute approximate surface area is 158 Å². The quantitative estimate of drug-likeness (QED) is 0.850. The van der Waals surface area contributed by atoms with Gasteiger partial charge in [-0.2, -0.15) is 0 Å². The highest BCUT2D eigenvalue weighted by molar-refractivity contribution is 6.31. The van der Waals surface area contributed by atoms with Gasteiger partial charge >= 0.3 is 0 Å². The summed E-state index contributed by atoms with van der Waals surface area (Å²) in [6.07, 6.45) is 0. The normalized spacial score (nSPS) is 10.4. The molecule has 0 aliphatic carbocycles. The number of benzene rings is 2. The number of halogens is 1. The first-order valence-electron chi connectivity index (χ1n) is 8.21. The third kappa shape index (κ3) is 4.76. The molecule has 0 atom stereocenters. The SMILES string of the molecule is COc1cc(Cl)c(C)cc1NC(=O)CN(C(C)=O)c1cc(C)cc(C)c1. The lowest BCUT2D eigenvalue weighted by atomic mass is 10.1. The van der Waals surface area contributed by atoms with Crippen LogP contribution in [-0.2, 0) is 9.59 Å². The second-order valence-corrected chi connectivity index (χ2v) is 6.71.